The molecule has 0 radical (unpaired) electrons. The zero-order valence-electron chi connectivity index (χ0n) is 13.5. The molecule has 0 amide bonds. The number of benzene rings is 1. The van der Waals surface area contributed by atoms with Crippen LogP contribution in [0.15, 0.2) is 52.9 Å². The molecule has 116 valence electrons. The van der Waals surface area contributed by atoms with Gasteiger partial charge in [-0.3, -0.25) is 0 Å². The van der Waals surface area contributed by atoms with Gasteiger partial charge in [-0.2, -0.15) is 0 Å². The van der Waals surface area contributed by atoms with Gasteiger partial charge in [0.1, 0.15) is 0 Å². The van der Waals surface area contributed by atoms with Gasteiger partial charge in [0.25, 0.3) is 0 Å². The quantitative estimate of drug-likeness (QED) is 0.491. The minimum Gasteiger partial charge on any atom is -0.375 e. The maximum absolute atomic E-state index is 5.90. The fourth-order valence-corrected chi connectivity index (χ4v) is 4.59. The van der Waals surface area contributed by atoms with Crippen LogP contribution in [0.3, 0.4) is 0 Å². The first-order valence-corrected chi connectivity index (χ1v) is 11.3. The van der Waals surface area contributed by atoms with Crippen molar-refractivity contribution in [2.24, 2.45) is 0 Å². The van der Waals surface area contributed by atoms with E-state index in [1.54, 1.807) is 0 Å². The zero-order chi connectivity index (χ0) is 15.5. The summed E-state index contributed by atoms with van der Waals surface area (Å²) in [5.41, 5.74) is 6.93. The third-order valence-electron chi connectivity index (χ3n) is 2.68. The molecule has 0 aliphatic carbocycles. The van der Waals surface area contributed by atoms with Gasteiger partial charge in [0.2, 0.25) is 6.48 Å². The van der Waals surface area contributed by atoms with Crippen LogP contribution in [0, 0.1) is 0 Å². The molecule has 0 saturated carbocycles. The second kappa shape index (κ2) is 10.9. The van der Waals surface area contributed by atoms with E-state index in [1.165, 1.54) is 16.3 Å². The summed E-state index contributed by atoms with van der Waals surface area (Å²) in [6.45, 7) is 7.88. The first kappa shape index (κ1) is 18.3. The number of hydrogen-bond acceptors (Lipinski definition) is 3. The molecular weight excluding hydrogens is 312 g/mol. The van der Waals surface area contributed by atoms with Crippen LogP contribution in [0.1, 0.15) is 27.7 Å². The highest BCUT2D eigenvalue weighted by Gasteiger charge is 2.08. The van der Waals surface area contributed by atoms with E-state index < -0.39 is 35.8 Å². The number of hydrogen-bond donors (Lipinski definition) is 0. The van der Waals surface area contributed by atoms with Gasteiger partial charge >= 0.3 is 0 Å². The van der Waals surface area contributed by atoms with Gasteiger partial charge in [0.05, 0.1) is 0 Å². The Morgan fingerprint density at radius 1 is 0.857 bits per heavy atom. The molecule has 0 aromatic heterocycles. The third kappa shape index (κ3) is 9.72. The van der Waals surface area contributed by atoms with E-state index >= 15 is 0 Å². The summed E-state index contributed by atoms with van der Waals surface area (Å²) in [7, 11) is -2.24. The van der Waals surface area contributed by atoms with Gasteiger partial charge in [0, 0.05) is 0 Å². The van der Waals surface area contributed by atoms with E-state index in [0.29, 0.717) is 0 Å². The highest BCUT2D eigenvalue weighted by molar-refractivity contribution is 6.47. The summed E-state index contributed by atoms with van der Waals surface area (Å²) in [4.78, 5) is 0. The summed E-state index contributed by atoms with van der Waals surface area (Å²) in [5.74, 6) is 0. The molecule has 1 aromatic rings. The molecule has 6 heteroatoms. The Morgan fingerprint density at radius 2 is 1.38 bits per heavy atom. The molecule has 0 aliphatic heterocycles. The lowest BCUT2D eigenvalue weighted by Crippen LogP contribution is -2.30. The van der Waals surface area contributed by atoms with E-state index in [2.05, 4.69) is 51.2 Å². The van der Waals surface area contributed by atoms with Crippen molar-refractivity contribution < 1.29 is 13.3 Å². The number of allylic oxidation sites excluding steroid dienone is 2. The predicted octanol–water partition coefficient (Wildman–Crippen LogP) is 0.744. The Hall–Kier alpha value is -0.769. The maximum atomic E-state index is 5.90. The van der Waals surface area contributed by atoms with E-state index in [4.69, 9.17) is 13.3 Å². The van der Waals surface area contributed by atoms with Crippen molar-refractivity contribution >= 4 is 34.5 Å². The molecule has 0 unspecified atom stereocenters. The molecule has 1 aromatic carbocycles. The fraction of sp³-hybridized carbons (Fsp3) is 0.333. The van der Waals surface area contributed by atoms with Crippen LogP contribution >= 0.6 is 0 Å². The van der Waals surface area contributed by atoms with Gasteiger partial charge in [-0.25, -0.2) is 0 Å². The SMILES string of the molecule is CC(C)=C[SiH2]OC(O[SiH2]C=C(C)C)O[SiH2]c1ccccc1. The molecule has 0 spiro atoms. The molecule has 0 bridgehead atoms. The van der Waals surface area contributed by atoms with Crippen molar-refractivity contribution in [2.45, 2.75) is 34.2 Å². The van der Waals surface area contributed by atoms with Crippen LogP contribution in [0.25, 0.3) is 0 Å². The van der Waals surface area contributed by atoms with Crippen LogP contribution in [0.4, 0.5) is 0 Å². The highest BCUT2D eigenvalue weighted by atomic mass is 28.2. The first-order chi connectivity index (χ1) is 10.1. The highest BCUT2D eigenvalue weighted by Crippen LogP contribution is 1.98. The van der Waals surface area contributed by atoms with Crippen molar-refractivity contribution in [3.8, 4) is 0 Å². The molecule has 0 N–H and O–H groups in total. The van der Waals surface area contributed by atoms with Gasteiger partial charge in [-0.05, 0) is 32.9 Å². The minimum absolute atomic E-state index is 0.471. The molecule has 0 fully saturated rings. The lowest BCUT2D eigenvalue weighted by molar-refractivity contribution is -0.137. The van der Waals surface area contributed by atoms with Crippen LogP contribution in [-0.2, 0) is 13.3 Å². The largest absolute Gasteiger partial charge is 0.375 e. The Bertz CT molecular complexity index is 430. The summed E-state index contributed by atoms with van der Waals surface area (Å²) in [6.07, 6.45) is 0. The lowest BCUT2D eigenvalue weighted by Gasteiger charge is -2.19. The Morgan fingerprint density at radius 3 is 1.86 bits per heavy atom. The average molecular weight is 339 g/mol. The molecule has 0 aliphatic rings. The van der Waals surface area contributed by atoms with Crippen molar-refractivity contribution in [3.05, 3.63) is 52.9 Å². The molecule has 3 nitrogen and oxygen atoms in total. The normalized spacial score (nSPS) is 13.5. The minimum atomic E-state index is -0.800. The van der Waals surface area contributed by atoms with Crippen LogP contribution in [-0.4, -0.2) is 35.8 Å². The second-order valence-corrected chi connectivity index (χ2v) is 8.90. The maximum Gasteiger partial charge on any atom is 0.242 e. The smallest absolute Gasteiger partial charge is 0.242 e. The molecular formula is C15H26O3Si3. The fourth-order valence-electron chi connectivity index (χ4n) is 1.47. The summed E-state index contributed by atoms with van der Waals surface area (Å²) >= 11 is 0. The molecule has 0 heterocycles. The Balaban J connectivity index is 2.46. The summed E-state index contributed by atoms with van der Waals surface area (Å²) in [5, 5.41) is 1.27. The average Bonchev–Trinajstić information content (AvgIpc) is 2.44. The van der Waals surface area contributed by atoms with Crippen molar-refractivity contribution in [1.29, 1.82) is 0 Å². The topological polar surface area (TPSA) is 27.7 Å². The molecule has 21 heavy (non-hydrogen) atoms. The van der Waals surface area contributed by atoms with Gasteiger partial charge < -0.3 is 13.3 Å². The summed E-state index contributed by atoms with van der Waals surface area (Å²) in [6, 6.07) is 10.3. The molecule has 0 saturated heterocycles. The van der Waals surface area contributed by atoms with E-state index in [0.717, 1.165) is 0 Å². The predicted molar refractivity (Wildman–Crippen MR) is 97.6 cm³/mol. The molecule has 1 rings (SSSR count). The second-order valence-electron chi connectivity index (χ2n) is 5.31. The van der Waals surface area contributed by atoms with Crippen molar-refractivity contribution in [3.63, 3.8) is 0 Å². The third-order valence-corrected chi connectivity index (χ3v) is 6.82. The Labute approximate surface area is 135 Å². The van der Waals surface area contributed by atoms with Crippen LogP contribution in [0.5, 0.6) is 0 Å². The first-order valence-electron chi connectivity index (χ1n) is 7.23. The number of rotatable bonds is 9. The lowest BCUT2D eigenvalue weighted by atomic mass is 10.4. The van der Waals surface area contributed by atoms with Crippen molar-refractivity contribution in [2.75, 3.05) is 0 Å². The van der Waals surface area contributed by atoms with E-state index in [9.17, 15) is 0 Å². The Kier molecular flexibility index (Phi) is 9.48. The standard InChI is InChI=1S/C15H26O3Si3/c1-12(2)10-19-16-15(17-20-11-13(3)4)18-21-14-8-6-5-7-9-14/h5-11,15H,19-21H2,1-4H3. The van der Waals surface area contributed by atoms with Gasteiger partial charge in [-0.1, -0.05) is 52.9 Å². The zero-order valence-corrected chi connectivity index (χ0v) is 17.7. The van der Waals surface area contributed by atoms with Crippen LogP contribution < -0.4 is 5.19 Å². The van der Waals surface area contributed by atoms with Gasteiger partial charge in [0.15, 0.2) is 29.3 Å². The molecule has 0 atom stereocenters. The van der Waals surface area contributed by atoms with Gasteiger partial charge in [-0.15, -0.1) is 0 Å². The van der Waals surface area contributed by atoms with E-state index in [-0.39, 0.29) is 0 Å². The van der Waals surface area contributed by atoms with Crippen LogP contribution in [0.2, 0.25) is 0 Å². The monoisotopic (exact) mass is 338 g/mol. The van der Waals surface area contributed by atoms with E-state index in [1.807, 2.05) is 18.2 Å². The summed E-state index contributed by atoms with van der Waals surface area (Å²) < 4.78 is 17.5. The van der Waals surface area contributed by atoms with Crippen molar-refractivity contribution in [1.82, 2.24) is 0 Å².